The molecule has 0 atom stereocenters. The monoisotopic (exact) mass is 260 g/mol. The summed E-state index contributed by atoms with van der Waals surface area (Å²) in [6, 6.07) is 9.17. The molecule has 3 heteroatoms. The van der Waals surface area contributed by atoms with Gasteiger partial charge in [0.2, 0.25) is 0 Å². The van der Waals surface area contributed by atoms with E-state index in [1.165, 1.54) is 11.1 Å². The maximum Gasteiger partial charge on any atom is 0.0934 e. The van der Waals surface area contributed by atoms with Gasteiger partial charge in [0.25, 0.3) is 0 Å². The highest BCUT2D eigenvalue weighted by Gasteiger charge is 2.45. The number of ether oxygens (including phenoxy) is 1. The average molecular weight is 260 g/mol. The maximum absolute atomic E-state index is 5.56. The average Bonchev–Trinajstić information content (AvgIpc) is 2.39. The minimum absolute atomic E-state index is 0.137. The van der Waals surface area contributed by atoms with Crippen LogP contribution in [0, 0.1) is 0 Å². The molecule has 104 valence electrons. The molecule has 2 aliphatic rings. The maximum atomic E-state index is 5.56. The molecule has 0 bridgehead atoms. The van der Waals surface area contributed by atoms with Crippen LogP contribution in [0.4, 0.5) is 0 Å². The van der Waals surface area contributed by atoms with Crippen molar-refractivity contribution in [2.24, 2.45) is 0 Å². The Morgan fingerprint density at radius 2 is 1.74 bits per heavy atom. The molecule has 2 aliphatic heterocycles. The van der Waals surface area contributed by atoms with E-state index in [4.69, 9.17) is 4.74 Å². The highest BCUT2D eigenvalue weighted by Crippen LogP contribution is 2.36. The smallest absolute Gasteiger partial charge is 0.0934 e. The lowest BCUT2D eigenvalue weighted by molar-refractivity contribution is -0.149. The van der Waals surface area contributed by atoms with E-state index in [9.17, 15) is 0 Å². The quantitative estimate of drug-likeness (QED) is 0.899. The molecule has 0 saturated carbocycles. The summed E-state index contributed by atoms with van der Waals surface area (Å²) in [6.07, 6.45) is 0. The molecule has 19 heavy (non-hydrogen) atoms. The van der Waals surface area contributed by atoms with Gasteiger partial charge in [0.05, 0.1) is 18.8 Å². The normalized spacial score (nSPS) is 23.3. The Balaban J connectivity index is 1.84. The predicted octanol–water partition coefficient (Wildman–Crippen LogP) is 1.94. The van der Waals surface area contributed by atoms with Crippen LogP contribution in [-0.4, -0.2) is 44.3 Å². The number of hydrogen-bond donors (Lipinski definition) is 1. The lowest BCUT2D eigenvalue weighted by atomic mass is 9.84. The third-order valence-electron chi connectivity index (χ3n) is 4.52. The van der Waals surface area contributed by atoms with Crippen molar-refractivity contribution in [2.45, 2.75) is 25.3 Å². The Labute approximate surface area is 115 Å². The fourth-order valence-corrected chi connectivity index (χ4v) is 3.10. The number of rotatable bonds is 3. The first-order valence-electron chi connectivity index (χ1n) is 7.36. The molecule has 1 aromatic rings. The van der Waals surface area contributed by atoms with E-state index in [0.717, 1.165) is 39.4 Å². The molecule has 1 aromatic carbocycles. The molecule has 2 fully saturated rings. The third kappa shape index (κ3) is 2.31. The molecule has 2 saturated heterocycles. The van der Waals surface area contributed by atoms with Gasteiger partial charge in [-0.3, -0.25) is 4.90 Å². The highest BCUT2D eigenvalue weighted by molar-refractivity contribution is 5.32. The third-order valence-corrected chi connectivity index (χ3v) is 4.52. The first kappa shape index (κ1) is 13.1. The van der Waals surface area contributed by atoms with E-state index in [-0.39, 0.29) is 5.54 Å². The van der Waals surface area contributed by atoms with Crippen LogP contribution in [0.5, 0.6) is 0 Å². The summed E-state index contributed by atoms with van der Waals surface area (Å²) in [5.74, 6) is 0.599. The van der Waals surface area contributed by atoms with Gasteiger partial charge in [0.1, 0.15) is 0 Å². The molecular formula is C16H24N2O. The molecule has 3 rings (SSSR count). The van der Waals surface area contributed by atoms with Gasteiger partial charge < -0.3 is 10.1 Å². The van der Waals surface area contributed by atoms with Crippen molar-refractivity contribution in [2.75, 3.05) is 39.4 Å². The van der Waals surface area contributed by atoms with Gasteiger partial charge in [0, 0.05) is 26.2 Å². The van der Waals surface area contributed by atoms with Crippen LogP contribution < -0.4 is 5.32 Å². The Bertz CT molecular complexity index is 417. The van der Waals surface area contributed by atoms with Crippen LogP contribution in [0.3, 0.4) is 0 Å². The van der Waals surface area contributed by atoms with Crippen LogP contribution in [0.1, 0.15) is 30.9 Å². The van der Waals surface area contributed by atoms with E-state index < -0.39 is 0 Å². The Morgan fingerprint density at radius 3 is 2.21 bits per heavy atom. The number of benzene rings is 1. The van der Waals surface area contributed by atoms with Crippen molar-refractivity contribution in [3.8, 4) is 0 Å². The fourth-order valence-electron chi connectivity index (χ4n) is 3.10. The van der Waals surface area contributed by atoms with E-state index in [1.807, 2.05) is 0 Å². The number of piperazine rings is 1. The Morgan fingerprint density at radius 1 is 1.11 bits per heavy atom. The minimum Gasteiger partial charge on any atom is -0.377 e. The number of nitrogens with one attached hydrogen (secondary N) is 1. The van der Waals surface area contributed by atoms with Gasteiger partial charge in [-0.2, -0.15) is 0 Å². The van der Waals surface area contributed by atoms with Crippen molar-refractivity contribution in [1.82, 2.24) is 10.2 Å². The lowest BCUT2D eigenvalue weighted by Gasteiger charge is -2.51. The van der Waals surface area contributed by atoms with Crippen molar-refractivity contribution in [1.29, 1.82) is 0 Å². The summed E-state index contributed by atoms with van der Waals surface area (Å²) in [5.41, 5.74) is 2.97. The van der Waals surface area contributed by atoms with E-state index in [2.05, 4.69) is 48.3 Å². The largest absolute Gasteiger partial charge is 0.377 e. The molecule has 0 amide bonds. The molecule has 0 unspecified atom stereocenters. The summed E-state index contributed by atoms with van der Waals surface area (Å²) in [5, 5.41) is 3.43. The summed E-state index contributed by atoms with van der Waals surface area (Å²) in [7, 11) is 0. The molecule has 2 heterocycles. The molecule has 0 aromatic heterocycles. The number of nitrogens with zero attached hydrogens (tertiary/aromatic N) is 1. The second-order valence-corrected chi connectivity index (χ2v) is 6.04. The van der Waals surface area contributed by atoms with Crippen molar-refractivity contribution < 1.29 is 4.74 Å². The Kier molecular flexibility index (Phi) is 3.61. The first-order chi connectivity index (χ1) is 9.22. The summed E-state index contributed by atoms with van der Waals surface area (Å²) >= 11 is 0. The summed E-state index contributed by atoms with van der Waals surface area (Å²) in [4.78, 5) is 2.59. The van der Waals surface area contributed by atoms with Crippen molar-refractivity contribution >= 4 is 0 Å². The van der Waals surface area contributed by atoms with Gasteiger partial charge in [-0.05, 0) is 17.0 Å². The SMILES string of the molecule is CC(C)c1ccc(C2(N3CCNCC3)COC2)cc1. The lowest BCUT2D eigenvalue weighted by Crippen LogP contribution is -2.63. The van der Waals surface area contributed by atoms with E-state index in [0.29, 0.717) is 5.92 Å². The topological polar surface area (TPSA) is 24.5 Å². The zero-order valence-electron chi connectivity index (χ0n) is 12.0. The minimum atomic E-state index is 0.137. The van der Waals surface area contributed by atoms with Crippen molar-refractivity contribution in [3.05, 3.63) is 35.4 Å². The highest BCUT2D eigenvalue weighted by atomic mass is 16.5. The van der Waals surface area contributed by atoms with Gasteiger partial charge in [-0.15, -0.1) is 0 Å². The summed E-state index contributed by atoms with van der Waals surface area (Å²) < 4.78 is 5.56. The predicted molar refractivity (Wildman–Crippen MR) is 77.5 cm³/mol. The zero-order chi connectivity index (χ0) is 13.3. The van der Waals surface area contributed by atoms with Crippen LogP contribution in [0.25, 0.3) is 0 Å². The van der Waals surface area contributed by atoms with Crippen LogP contribution in [0.2, 0.25) is 0 Å². The van der Waals surface area contributed by atoms with Gasteiger partial charge in [0.15, 0.2) is 0 Å². The molecule has 0 radical (unpaired) electrons. The van der Waals surface area contributed by atoms with Gasteiger partial charge >= 0.3 is 0 Å². The van der Waals surface area contributed by atoms with Crippen LogP contribution in [-0.2, 0) is 10.3 Å². The van der Waals surface area contributed by atoms with E-state index in [1.54, 1.807) is 0 Å². The second kappa shape index (κ2) is 5.23. The molecular weight excluding hydrogens is 236 g/mol. The first-order valence-corrected chi connectivity index (χ1v) is 7.36. The van der Waals surface area contributed by atoms with Crippen molar-refractivity contribution in [3.63, 3.8) is 0 Å². The van der Waals surface area contributed by atoms with Crippen LogP contribution >= 0.6 is 0 Å². The van der Waals surface area contributed by atoms with Gasteiger partial charge in [-0.25, -0.2) is 0 Å². The molecule has 3 nitrogen and oxygen atoms in total. The van der Waals surface area contributed by atoms with Gasteiger partial charge in [-0.1, -0.05) is 38.1 Å². The fraction of sp³-hybridized carbons (Fsp3) is 0.625. The standard InChI is InChI=1S/C16H24N2O/c1-13(2)14-3-5-15(6-4-14)16(11-19-12-16)18-9-7-17-8-10-18/h3-6,13,17H,7-12H2,1-2H3. The zero-order valence-corrected chi connectivity index (χ0v) is 12.0. The van der Waals surface area contributed by atoms with Crippen LogP contribution in [0.15, 0.2) is 24.3 Å². The van der Waals surface area contributed by atoms with E-state index >= 15 is 0 Å². The second-order valence-electron chi connectivity index (χ2n) is 6.04. The summed E-state index contributed by atoms with van der Waals surface area (Å²) in [6.45, 7) is 10.6. The molecule has 0 spiro atoms. The molecule has 0 aliphatic carbocycles. The molecule has 1 N–H and O–H groups in total. The Hall–Kier alpha value is -0.900. The number of hydrogen-bond acceptors (Lipinski definition) is 3.